The van der Waals surface area contributed by atoms with E-state index in [2.05, 4.69) is 39.9 Å². The Morgan fingerprint density at radius 2 is 2.04 bits per heavy atom. The van der Waals surface area contributed by atoms with E-state index in [4.69, 9.17) is 0 Å². The zero-order valence-electron chi connectivity index (χ0n) is 16.5. The molecule has 0 radical (unpaired) electrons. The zero-order chi connectivity index (χ0) is 19.9. The molecule has 2 atom stereocenters. The molecule has 0 bridgehead atoms. The van der Waals surface area contributed by atoms with Crippen LogP contribution in [0.5, 0.6) is 0 Å². The molecule has 7 nitrogen and oxygen atoms in total. The van der Waals surface area contributed by atoms with Crippen LogP contribution in [0, 0.1) is 0 Å². The highest BCUT2D eigenvalue weighted by Gasteiger charge is 2.48. The molecular weight excluding hydrogens is 356 g/mol. The molecule has 1 saturated carbocycles. The van der Waals surface area contributed by atoms with Crippen molar-refractivity contribution in [2.24, 2.45) is 0 Å². The number of amides is 4. The van der Waals surface area contributed by atoms with Gasteiger partial charge in [-0.05, 0) is 56.6 Å². The third kappa shape index (κ3) is 3.39. The van der Waals surface area contributed by atoms with Gasteiger partial charge in [0, 0.05) is 12.1 Å². The lowest BCUT2D eigenvalue weighted by molar-refractivity contribution is -0.139. The summed E-state index contributed by atoms with van der Waals surface area (Å²) in [5, 5.41) is 3.50. The van der Waals surface area contributed by atoms with Crippen LogP contribution in [0.25, 0.3) is 0 Å². The number of carbonyl (C=O) groups is 3. The van der Waals surface area contributed by atoms with Gasteiger partial charge in [-0.2, -0.15) is 5.01 Å². The van der Waals surface area contributed by atoms with E-state index in [9.17, 15) is 14.4 Å². The first-order valence-corrected chi connectivity index (χ1v) is 10.2. The summed E-state index contributed by atoms with van der Waals surface area (Å²) in [6.07, 6.45) is 5.85. The largest absolute Gasteiger partial charge is 0.344 e. The van der Waals surface area contributed by atoms with Crippen LogP contribution in [0.2, 0.25) is 0 Å². The average Bonchev–Trinajstić information content (AvgIpc) is 3.51. The average molecular weight is 384 g/mol. The number of imide groups is 1. The molecule has 2 fully saturated rings. The molecule has 0 spiro atoms. The summed E-state index contributed by atoms with van der Waals surface area (Å²) in [6.45, 7) is 3.69. The first kappa shape index (κ1) is 18.9. The van der Waals surface area contributed by atoms with Gasteiger partial charge in [-0.15, -0.1) is 0 Å². The van der Waals surface area contributed by atoms with Crippen LogP contribution in [0.3, 0.4) is 0 Å². The number of rotatable bonds is 6. The van der Waals surface area contributed by atoms with Crippen LogP contribution in [0.1, 0.15) is 63.1 Å². The smallest absolute Gasteiger partial charge is 0.322 e. The van der Waals surface area contributed by atoms with Crippen LogP contribution in [0.4, 0.5) is 4.79 Å². The van der Waals surface area contributed by atoms with Crippen molar-refractivity contribution in [2.45, 2.75) is 70.0 Å². The molecular formula is C21H28N4O3. The van der Waals surface area contributed by atoms with E-state index in [0.29, 0.717) is 12.5 Å². The first-order chi connectivity index (χ1) is 13.4. The minimum atomic E-state index is -0.956. The number of nitrogens with one attached hydrogen (secondary N) is 2. The summed E-state index contributed by atoms with van der Waals surface area (Å²) in [5.74, 6) is -0.729. The monoisotopic (exact) mass is 384 g/mol. The second-order valence-electron chi connectivity index (χ2n) is 8.30. The number of aryl methyl sites for hydroxylation is 1. The van der Waals surface area contributed by atoms with Crippen LogP contribution in [0.15, 0.2) is 24.3 Å². The lowest BCUT2D eigenvalue weighted by Gasteiger charge is -2.36. The Bertz CT molecular complexity index is 807. The quantitative estimate of drug-likeness (QED) is 0.738. The summed E-state index contributed by atoms with van der Waals surface area (Å²) in [6, 6.07) is 8.50. The first-order valence-electron chi connectivity index (χ1n) is 10.2. The van der Waals surface area contributed by atoms with E-state index in [1.165, 1.54) is 11.1 Å². The molecule has 2 N–H and O–H groups in total. The summed E-state index contributed by atoms with van der Waals surface area (Å²) in [4.78, 5) is 39.7. The minimum Gasteiger partial charge on any atom is -0.322 e. The van der Waals surface area contributed by atoms with Gasteiger partial charge in [0.25, 0.3) is 11.8 Å². The van der Waals surface area contributed by atoms with Crippen molar-refractivity contribution >= 4 is 17.8 Å². The molecule has 1 aromatic rings. The van der Waals surface area contributed by atoms with Crippen molar-refractivity contribution in [3.8, 4) is 0 Å². The highest BCUT2D eigenvalue weighted by molar-refractivity contribution is 6.07. The van der Waals surface area contributed by atoms with E-state index in [1.807, 2.05) is 6.92 Å². The molecule has 4 rings (SSSR count). The Balaban J connectivity index is 1.47. The predicted molar refractivity (Wildman–Crippen MR) is 104 cm³/mol. The molecule has 3 aliphatic rings. The predicted octanol–water partition coefficient (Wildman–Crippen LogP) is 2.28. The molecule has 1 aromatic carbocycles. The molecule has 1 heterocycles. The van der Waals surface area contributed by atoms with Gasteiger partial charge in [0.05, 0.1) is 6.54 Å². The number of carbonyl (C=O) groups excluding carboxylic acids is 3. The van der Waals surface area contributed by atoms with Crippen LogP contribution >= 0.6 is 0 Å². The Kier molecular flexibility index (Phi) is 4.87. The minimum absolute atomic E-state index is 0.184. The lowest BCUT2D eigenvalue weighted by Crippen LogP contribution is -2.51. The fourth-order valence-electron chi connectivity index (χ4n) is 4.32. The number of fused-ring (bicyclic) bond motifs is 1. The fraction of sp³-hybridized carbons (Fsp3) is 0.571. The van der Waals surface area contributed by atoms with E-state index >= 15 is 0 Å². The molecule has 4 amide bonds. The van der Waals surface area contributed by atoms with Crippen molar-refractivity contribution in [1.29, 1.82) is 0 Å². The molecule has 1 saturated heterocycles. The van der Waals surface area contributed by atoms with Gasteiger partial charge in [0.1, 0.15) is 5.54 Å². The Hall–Kier alpha value is -2.41. The SMILES string of the molecule is CCC1(C)NC(=O)N(NC(=O)CN(C2CC2)C2CCCc3ccccc32)C1=O. The van der Waals surface area contributed by atoms with E-state index in [1.54, 1.807) is 6.92 Å². The third-order valence-electron chi connectivity index (χ3n) is 6.28. The van der Waals surface area contributed by atoms with Gasteiger partial charge in [-0.3, -0.25) is 19.9 Å². The molecule has 7 heteroatoms. The van der Waals surface area contributed by atoms with Crippen molar-refractivity contribution < 1.29 is 14.4 Å². The van der Waals surface area contributed by atoms with Gasteiger partial charge in [0.2, 0.25) is 0 Å². The summed E-state index contributed by atoms with van der Waals surface area (Å²) in [5.41, 5.74) is 4.25. The summed E-state index contributed by atoms with van der Waals surface area (Å²) in [7, 11) is 0. The van der Waals surface area contributed by atoms with Crippen LogP contribution in [-0.4, -0.2) is 45.9 Å². The molecule has 2 unspecified atom stereocenters. The number of nitrogens with zero attached hydrogens (tertiary/aromatic N) is 2. The number of urea groups is 1. The van der Waals surface area contributed by atoms with Crippen molar-refractivity contribution in [1.82, 2.24) is 20.7 Å². The zero-order valence-corrected chi connectivity index (χ0v) is 16.5. The fourth-order valence-corrected chi connectivity index (χ4v) is 4.32. The molecule has 1 aliphatic heterocycles. The van der Waals surface area contributed by atoms with Crippen LogP contribution in [-0.2, 0) is 16.0 Å². The number of hydrogen-bond acceptors (Lipinski definition) is 4. The normalized spacial score (nSPS) is 27.0. The summed E-state index contributed by atoms with van der Waals surface area (Å²) >= 11 is 0. The maximum Gasteiger partial charge on any atom is 0.344 e. The van der Waals surface area contributed by atoms with Gasteiger partial charge in [-0.25, -0.2) is 4.79 Å². The summed E-state index contributed by atoms with van der Waals surface area (Å²) < 4.78 is 0. The van der Waals surface area contributed by atoms with Gasteiger partial charge < -0.3 is 5.32 Å². The van der Waals surface area contributed by atoms with Crippen molar-refractivity contribution in [2.75, 3.05) is 6.54 Å². The molecule has 28 heavy (non-hydrogen) atoms. The highest BCUT2D eigenvalue weighted by Crippen LogP contribution is 2.40. The van der Waals surface area contributed by atoms with E-state index < -0.39 is 17.5 Å². The number of benzene rings is 1. The standard InChI is InChI=1S/C21H28N4O3/c1-3-21(2)19(27)25(20(28)22-21)23-18(26)13-24(15-11-12-15)17-10-6-8-14-7-4-5-9-16(14)17/h4-5,7,9,15,17H,3,6,8,10-13H2,1-2H3,(H,22,28)(H,23,26). The maximum absolute atomic E-state index is 12.8. The Morgan fingerprint density at radius 1 is 1.29 bits per heavy atom. The second kappa shape index (κ2) is 7.20. The number of hydrazine groups is 1. The topological polar surface area (TPSA) is 81.8 Å². The van der Waals surface area contributed by atoms with Gasteiger partial charge in [0.15, 0.2) is 0 Å². The van der Waals surface area contributed by atoms with Crippen molar-refractivity contribution in [3.05, 3.63) is 35.4 Å². The van der Waals surface area contributed by atoms with Crippen LogP contribution < -0.4 is 10.7 Å². The Morgan fingerprint density at radius 3 is 2.71 bits per heavy atom. The highest BCUT2D eigenvalue weighted by atomic mass is 16.2. The Labute approximate surface area is 165 Å². The molecule has 150 valence electrons. The molecule has 2 aliphatic carbocycles. The third-order valence-corrected chi connectivity index (χ3v) is 6.28. The lowest BCUT2D eigenvalue weighted by atomic mass is 9.86. The number of hydrogen-bond donors (Lipinski definition) is 2. The maximum atomic E-state index is 12.8. The van der Waals surface area contributed by atoms with Crippen molar-refractivity contribution in [3.63, 3.8) is 0 Å². The molecule has 0 aromatic heterocycles. The van der Waals surface area contributed by atoms with E-state index in [0.717, 1.165) is 37.1 Å². The van der Waals surface area contributed by atoms with Gasteiger partial charge >= 0.3 is 6.03 Å². The van der Waals surface area contributed by atoms with Gasteiger partial charge in [-0.1, -0.05) is 31.2 Å². The second-order valence-corrected chi connectivity index (χ2v) is 8.30. The van der Waals surface area contributed by atoms with E-state index in [-0.39, 0.29) is 18.5 Å².